The Kier molecular flexibility index (Phi) is 6.46. The van der Waals surface area contributed by atoms with Crippen LogP contribution >= 0.6 is 23.2 Å². The molecule has 4 rings (SSSR count). The van der Waals surface area contributed by atoms with Gasteiger partial charge in [0.1, 0.15) is 11.5 Å². The fourth-order valence-electron chi connectivity index (χ4n) is 3.60. The second-order valence-electron chi connectivity index (χ2n) is 7.19. The third-order valence-electron chi connectivity index (χ3n) is 5.10. The van der Waals surface area contributed by atoms with Crippen LogP contribution in [-0.4, -0.2) is 19.0 Å². The average Bonchev–Trinajstić information content (AvgIpc) is 3.24. The minimum Gasteiger partial charge on any atom is -0.457 e. The van der Waals surface area contributed by atoms with Crippen molar-refractivity contribution in [2.45, 2.75) is 19.3 Å². The maximum absolute atomic E-state index is 12.5. The summed E-state index contributed by atoms with van der Waals surface area (Å²) in [7, 11) is 0. The Bertz CT molecular complexity index is 1070. The van der Waals surface area contributed by atoms with Crippen molar-refractivity contribution in [1.82, 2.24) is 0 Å². The van der Waals surface area contributed by atoms with Crippen molar-refractivity contribution >= 4 is 46.6 Å². The van der Waals surface area contributed by atoms with Crippen LogP contribution in [0.15, 0.2) is 65.1 Å². The lowest BCUT2D eigenvalue weighted by Gasteiger charge is -2.30. The highest BCUT2D eigenvalue weighted by Crippen LogP contribution is 2.34. The molecular formula is C24H22Cl2N2O2. The van der Waals surface area contributed by atoms with E-state index in [1.165, 1.54) is 25.3 Å². The van der Waals surface area contributed by atoms with Crippen LogP contribution in [0.2, 0.25) is 10.0 Å². The monoisotopic (exact) mass is 440 g/mol. The van der Waals surface area contributed by atoms with Gasteiger partial charge in [-0.1, -0.05) is 41.4 Å². The van der Waals surface area contributed by atoms with Crippen molar-refractivity contribution in [3.63, 3.8) is 0 Å². The van der Waals surface area contributed by atoms with E-state index < -0.39 is 0 Å². The third kappa shape index (κ3) is 4.72. The molecule has 1 saturated heterocycles. The van der Waals surface area contributed by atoms with Gasteiger partial charge >= 0.3 is 0 Å². The number of amides is 1. The molecule has 0 unspecified atom stereocenters. The molecule has 1 aliphatic rings. The maximum atomic E-state index is 12.5. The number of carbonyl (C=O) groups excluding carboxylic acids is 1. The SMILES string of the molecule is O=C(C=Cc1ccc(-c2cccc(Cl)c2Cl)o1)Nc1ccccc1N1CCCCC1. The molecule has 6 heteroatoms. The molecule has 154 valence electrons. The lowest BCUT2D eigenvalue weighted by atomic mass is 10.1. The molecule has 30 heavy (non-hydrogen) atoms. The molecule has 1 amide bonds. The highest BCUT2D eigenvalue weighted by atomic mass is 35.5. The van der Waals surface area contributed by atoms with Crippen LogP contribution in [-0.2, 0) is 4.79 Å². The molecule has 0 spiro atoms. The predicted octanol–water partition coefficient (Wildman–Crippen LogP) is 6.90. The van der Waals surface area contributed by atoms with E-state index in [0.29, 0.717) is 27.1 Å². The number of halogens is 2. The van der Waals surface area contributed by atoms with Crippen LogP contribution in [0.25, 0.3) is 17.4 Å². The smallest absolute Gasteiger partial charge is 0.248 e. The summed E-state index contributed by atoms with van der Waals surface area (Å²) in [5.41, 5.74) is 2.60. The number of piperidine rings is 1. The van der Waals surface area contributed by atoms with Crippen molar-refractivity contribution in [2.24, 2.45) is 0 Å². The maximum Gasteiger partial charge on any atom is 0.248 e. The molecule has 1 aliphatic heterocycles. The normalized spacial score (nSPS) is 14.3. The van der Waals surface area contributed by atoms with E-state index in [9.17, 15) is 4.79 Å². The van der Waals surface area contributed by atoms with Gasteiger partial charge in [0.05, 0.1) is 21.4 Å². The molecule has 0 aliphatic carbocycles. The highest BCUT2D eigenvalue weighted by Gasteiger charge is 2.15. The standard InChI is InChI=1S/C24H22Cl2N2O2/c25-19-8-6-7-18(24(19)26)22-13-11-17(30-22)12-14-23(29)27-20-9-2-3-10-21(20)28-15-4-1-5-16-28/h2-3,6-14H,1,4-5,15-16H2,(H,27,29). The topological polar surface area (TPSA) is 45.5 Å². The molecule has 1 fully saturated rings. The van der Waals surface area contributed by atoms with Gasteiger partial charge < -0.3 is 14.6 Å². The fraction of sp³-hybridized carbons (Fsp3) is 0.208. The van der Waals surface area contributed by atoms with Crippen LogP contribution in [0, 0.1) is 0 Å². The van der Waals surface area contributed by atoms with Crippen LogP contribution in [0.4, 0.5) is 11.4 Å². The summed E-state index contributed by atoms with van der Waals surface area (Å²) in [5, 5.41) is 3.89. The van der Waals surface area contributed by atoms with Gasteiger partial charge in [0.25, 0.3) is 0 Å². The number of hydrogen-bond donors (Lipinski definition) is 1. The summed E-state index contributed by atoms with van der Waals surface area (Å²) in [4.78, 5) is 14.8. The first kappa shape index (κ1) is 20.6. The number of nitrogens with zero attached hydrogens (tertiary/aromatic N) is 1. The van der Waals surface area contributed by atoms with Gasteiger partial charge in [-0.2, -0.15) is 0 Å². The average molecular weight is 441 g/mol. The molecule has 2 aromatic carbocycles. The van der Waals surface area contributed by atoms with E-state index >= 15 is 0 Å². The molecule has 0 atom stereocenters. The summed E-state index contributed by atoms with van der Waals surface area (Å²) in [6.07, 6.45) is 6.73. The minimum absolute atomic E-state index is 0.210. The van der Waals surface area contributed by atoms with Crippen molar-refractivity contribution in [1.29, 1.82) is 0 Å². The molecule has 1 aromatic heterocycles. The number of anilines is 2. The Morgan fingerprint density at radius 2 is 1.77 bits per heavy atom. The quantitative estimate of drug-likeness (QED) is 0.438. The largest absolute Gasteiger partial charge is 0.457 e. The second kappa shape index (κ2) is 9.41. The Morgan fingerprint density at radius 1 is 0.967 bits per heavy atom. The van der Waals surface area contributed by atoms with Crippen molar-refractivity contribution in [2.75, 3.05) is 23.3 Å². The number of furan rings is 1. The van der Waals surface area contributed by atoms with E-state index in [1.54, 1.807) is 24.3 Å². The lowest BCUT2D eigenvalue weighted by molar-refractivity contribution is -0.111. The number of nitrogens with one attached hydrogen (secondary N) is 1. The zero-order valence-electron chi connectivity index (χ0n) is 16.4. The molecule has 4 nitrogen and oxygen atoms in total. The van der Waals surface area contributed by atoms with Crippen molar-refractivity contribution in [3.05, 3.63) is 76.5 Å². The fourth-order valence-corrected chi connectivity index (χ4v) is 4.00. The number of para-hydroxylation sites is 2. The Balaban J connectivity index is 1.45. The number of benzene rings is 2. The van der Waals surface area contributed by atoms with Crippen LogP contribution in [0.5, 0.6) is 0 Å². The van der Waals surface area contributed by atoms with Crippen LogP contribution < -0.4 is 10.2 Å². The lowest BCUT2D eigenvalue weighted by Crippen LogP contribution is -2.30. The predicted molar refractivity (Wildman–Crippen MR) is 124 cm³/mol. The summed E-state index contributed by atoms with van der Waals surface area (Å²) in [5.74, 6) is 0.941. The second-order valence-corrected chi connectivity index (χ2v) is 7.98. The first-order valence-electron chi connectivity index (χ1n) is 9.99. The third-order valence-corrected chi connectivity index (χ3v) is 5.92. The van der Waals surface area contributed by atoms with Crippen LogP contribution in [0.1, 0.15) is 25.0 Å². The van der Waals surface area contributed by atoms with Crippen LogP contribution in [0.3, 0.4) is 0 Å². The Labute approximate surface area is 186 Å². The number of hydrogen-bond acceptors (Lipinski definition) is 3. The summed E-state index contributed by atoms with van der Waals surface area (Å²) < 4.78 is 5.81. The van der Waals surface area contributed by atoms with E-state index in [-0.39, 0.29) is 5.91 Å². The van der Waals surface area contributed by atoms with Gasteiger partial charge in [-0.25, -0.2) is 0 Å². The zero-order valence-corrected chi connectivity index (χ0v) is 17.9. The summed E-state index contributed by atoms with van der Waals surface area (Å²) in [6, 6.07) is 16.9. The minimum atomic E-state index is -0.210. The van der Waals surface area contributed by atoms with Gasteiger partial charge in [-0.3, -0.25) is 4.79 Å². The highest BCUT2D eigenvalue weighted by molar-refractivity contribution is 6.43. The first-order valence-corrected chi connectivity index (χ1v) is 10.7. The van der Waals surface area contributed by atoms with Gasteiger partial charge in [-0.15, -0.1) is 0 Å². The van der Waals surface area contributed by atoms with Crippen molar-refractivity contribution < 1.29 is 9.21 Å². The first-order chi connectivity index (χ1) is 14.6. The zero-order chi connectivity index (χ0) is 20.9. The Hall–Kier alpha value is -2.69. The van der Waals surface area contributed by atoms with Gasteiger partial charge in [0.15, 0.2) is 0 Å². The molecule has 0 bridgehead atoms. The molecular weight excluding hydrogens is 419 g/mol. The van der Waals surface area contributed by atoms with Crippen molar-refractivity contribution in [3.8, 4) is 11.3 Å². The number of rotatable bonds is 5. The molecule has 1 N–H and O–H groups in total. The summed E-state index contributed by atoms with van der Waals surface area (Å²) >= 11 is 12.3. The molecule has 0 radical (unpaired) electrons. The molecule has 2 heterocycles. The molecule has 0 saturated carbocycles. The van der Waals surface area contributed by atoms with Gasteiger partial charge in [0, 0.05) is 24.7 Å². The van der Waals surface area contributed by atoms with E-state index in [2.05, 4.69) is 16.3 Å². The molecule has 3 aromatic rings. The van der Waals surface area contributed by atoms with Gasteiger partial charge in [0.2, 0.25) is 5.91 Å². The van der Waals surface area contributed by atoms with E-state index in [0.717, 1.165) is 24.5 Å². The van der Waals surface area contributed by atoms with E-state index in [1.807, 2.05) is 30.3 Å². The van der Waals surface area contributed by atoms with Gasteiger partial charge in [-0.05, 0) is 61.7 Å². The summed E-state index contributed by atoms with van der Waals surface area (Å²) in [6.45, 7) is 2.04. The number of carbonyl (C=O) groups is 1. The van der Waals surface area contributed by atoms with E-state index in [4.69, 9.17) is 27.6 Å². The Morgan fingerprint density at radius 3 is 2.60 bits per heavy atom.